The highest BCUT2D eigenvalue weighted by molar-refractivity contribution is 7.09. The summed E-state index contributed by atoms with van der Waals surface area (Å²) in [6.45, 7) is 3.68. The van der Waals surface area contributed by atoms with E-state index in [4.69, 9.17) is 0 Å². The SMILES string of the molecule is CC(=O)Cc1csc(Cc2ccc(C)cc2)n1. The van der Waals surface area contributed by atoms with Crippen LogP contribution in [0.2, 0.25) is 0 Å². The van der Waals surface area contributed by atoms with Crippen LogP contribution in [-0.2, 0) is 17.6 Å². The Labute approximate surface area is 105 Å². The molecule has 0 saturated carbocycles. The molecule has 0 radical (unpaired) electrons. The standard InChI is InChI=1S/C14H15NOS/c1-10-3-5-12(6-4-10)8-14-15-13(9-17-14)7-11(2)16/h3-6,9H,7-8H2,1-2H3. The summed E-state index contributed by atoms with van der Waals surface area (Å²) >= 11 is 1.63. The molecule has 17 heavy (non-hydrogen) atoms. The zero-order chi connectivity index (χ0) is 12.3. The van der Waals surface area contributed by atoms with E-state index in [-0.39, 0.29) is 5.78 Å². The number of benzene rings is 1. The van der Waals surface area contributed by atoms with Gasteiger partial charge in [-0.25, -0.2) is 4.98 Å². The van der Waals surface area contributed by atoms with Crippen molar-refractivity contribution in [2.75, 3.05) is 0 Å². The van der Waals surface area contributed by atoms with Gasteiger partial charge in [-0.3, -0.25) is 4.79 Å². The molecule has 0 amide bonds. The lowest BCUT2D eigenvalue weighted by Gasteiger charge is -1.98. The molecule has 0 aliphatic carbocycles. The van der Waals surface area contributed by atoms with E-state index in [1.54, 1.807) is 18.3 Å². The molecule has 0 spiro atoms. The molecule has 2 aromatic rings. The molecule has 0 aliphatic rings. The normalized spacial score (nSPS) is 10.5. The van der Waals surface area contributed by atoms with E-state index in [1.165, 1.54) is 11.1 Å². The summed E-state index contributed by atoms with van der Waals surface area (Å²) in [5, 5.41) is 3.05. The van der Waals surface area contributed by atoms with E-state index in [2.05, 4.69) is 36.2 Å². The minimum absolute atomic E-state index is 0.164. The van der Waals surface area contributed by atoms with Crippen LogP contribution in [0.25, 0.3) is 0 Å². The van der Waals surface area contributed by atoms with Crippen molar-refractivity contribution in [2.45, 2.75) is 26.7 Å². The van der Waals surface area contributed by atoms with Crippen LogP contribution in [0.4, 0.5) is 0 Å². The maximum Gasteiger partial charge on any atom is 0.135 e. The Morgan fingerprint density at radius 2 is 2.00 bits per heavy atom. The summed E-state index contributed by atoms with van der Waals surface area (Å²) in [5.74, 6) is 0.164. The van der Waals surface area contributed by atoms with Gasteiger partial charge in [0, 0.05) is 18.2 Å². The average Bonchev–Trinajstić information content (AvgIpc) is 2.68. The van der Waals surface area contributed by atoms with E-state index in [1.807, 2.05) is 5.38 Å². The maximum absolute atomic E-state index is 11.0. The molecule has 0 aliphatic heterocycles. The predicted octanol–water partition coefficient (Wildman–Crippen LogP) is 3.17. The zero-order valence-electron chi connectivity index (χ0n) is 10.1. The van der Waals surface area contributed by atoms with Crippen LogP contribution in [0.3, 0.4) is 0 Å². The Morgan fingerprint density at radius 3 is 2.65 bits per heavy atom. The number of aromatic nitrogens is 1. The summed E-state index contributed by atoms with van der Waals surface area (Å²) in [6.07, 6.45) is 1.30. The van der Waals surface area contributed by atoms with E-state index in [0.717, 1.165) is 17.1 Å². The van der Waals surface area contributed by atoms with Crippen LogP contribution in [0.5, 0.6) is 0 Å². The third kappa shape index (κ3) is 3.49. The highest BCUT2D eigenvalue weighted by atomic mass is 32.1. The third-order valence-electron chi connectivity index (χ3n) is 2.51. The first kappa shape index (κ1) is 12.0. The van der Waals surface area contributed by atoms with Crippen LogP contribution in [0.15, 0.2) is 29.6 Å². The summed E-state index contributed by atoms with van der Waals surface area (Å²) in [7, 11) is 0. The second kappa shape index (κ2) is 5.23. The first-order valence-corrected chi connectivity index (χ1v) is 6.50. The number of Topliss-reactive ketones (excluding diaryl/α,β-unsaturated/α-hetero) is 1. The van der Waals surface area contributed by atoms with Crippen LogP contribution >= 0.6 is 11.3 Å². The molecule has 1 heterocycles. The maximum atomic E-state index is 11.0. The van der Waals surface area contributed by atoms with Gasteiger partial charge in [-0.15, -0.1) is 11.3 Å². The molecule has 0 bridgehead atoms. The fourth-order valence-corrected chi connectivity index (χ4v) is 2.47. The average molecular weight is 245 g/mol. The Bertz CT molecular complexity index is 513. The number of carbonyl (C=O) groups is 1. The Hall–Kier alpha value is -1.48. The largest absolute Gasteiger partial charge is 0.300 e. The van der Waals surface area contributed by atoms with E-state index in [9.17, 15) is 4.79 Å². The summed E-state index contributed by atoms with van der Waals surface area (Å²) in [5.41, 5.74) is 3.43. The van der Waals surface area contributed by atoms with Gasteiger partial charge >= 0.3 is 0 Å². The lowest BCUT2D eigenvalue weighted by molar-refractivity contribution is -0.116. The molecular weight excluding hydrogens is 230 g/mol. The number of hydrogen-bond acceptors (Lipinski definition) is 3. The molecule has 1 aromatic heterocycles. The highest BCUT2D eigenvalue weighted by Crippen LogP contribution is 2.15. The van der Waals surface area contributed by atoms with Gasteiger partial charge in [0.25, 0.3) is 0 Å². The minimum atomic E-state index is 0.164. The molecule has 2 nitrogen and oxygen atoms in total. The predicted molar refractivity (Wildman–Crippen MR) is 70.5 cm³/mol. The summed E-state index contributed by atoms with van der Waals surface area (Å²) in [6, 6.07) is 8.47. The van der Waals surface area contributed by atoms with Crippen LogP contribution in [-0.4, -0.2) is 10.8 Å². The van der Waals surface area contributed by atoms with Crippen molar-refractivity contribution in [3.8, 4) is 0 Å². The Morgan fingerprint density at radius 1 is 1.29 bits per heavy atom. The molecular formula is C14H15NOS. The number of nitrogens with zero attached hydrogens (tertiary/aromatic N) is 1. The molecule has 0 saturated heterocycles. The number of hydrogen-bond donors (Lipinski definition) is 0. The number of rotatable bonds is 4. The van der Waals surface area contributed by atoms with Gasteiger partial charge < -0.3 is 0 Å². The van der Waals surface area contributed by atoms with Crippen molar-refractivity contribution >= 4 is 17.1 Å². The monoisotopic (exact) mass is 245 g/mol. The van der Waals surface area contributed by atoms with Crippen LogP contribution in [0, 0.1) is 6.92 Å². The van der Waals surface area contributed by atoms with Crippen LogP contribution in [0.1, 0.15) is 28.8 Å². The Balaban J connectivity index is 2.06. The van der Waals surface area contributed by atoms with Crippen molar-refractivity contribution in [1.29, 1.82) is 0 Å². The van der Waals surface area contributed by atoms with Crippen molar-refractivity contribution in [3.63, 3.8) is 0 Å². The molecule has 2 rings (SSSR count). The molecule has 0 fully saturated rings. The minimum Gasteiger partial charge on any atom is -0.300 e. The van der Waals surface area contributed by atoms with E-state index < -0.39 is 0 Å². The van der Waals surface area contributed by atoms with Crippen molar-refractivity contribution < 1.29 is 4.79 Å². The molecule has 0 atom stereocenters. The summed E-state index contributed by atoms with van der Waals surface area (Å²) in [4.78, 5) is 15.4. The quantitative estimate of drug-likeness (QED) is 0.828. The van der Waals surface area contributed by atoms with Crippen molar-refractivity contribution in [2.24, 2.45) is 0 Å². The molecule has 3 heteroatoms. The topological polar surface area (TPSA) is 30.0 Å². The van der Waals surface area contributed by atoms with Gasteiger partial charge in [-0.05, 0) is 19.4 Å². The lowest BCUT2D eigenvalue weighted by atomic mass is 10.1. The fourth-order valence-electron chi connectivity index (χ4n) is 1.65. The van der Waals surface area contributed by atoms with Gasteiger partial charge in [-0.1, -0.05) is 29.8 Å². The van der Waals surface area contributed by atoms with Crippen molar-refractivity contribution in [3.05, 3.63) is 51.5 Å². The zero-order valence-corrected chi connectivity index (χ0v) is 10.9. The fraction of sp³-hybridized carbons (Fsp3) is 0.286. The second-order valence-corrected chi connectivity index (χ2v) is 5.22. The second-order valence-electron chi connectivity index (χ2n) is 4.27. The van der Waals surface area contributed by atoms with E-state index >= 15 is 0 Å². The van der Waals surface area contributed by atoms with E-state index in [0.29, 0.717) is 6.42 Å². The van der Waals surface area contributed by atoms with Crippen LogP contribution < -0.4 is 0 Å². The molecule has 0 N–H and O–H groups in total. The smallest absolute Gasteiger partial charge is 0.135 e. The first-order chi connectivity index (χ1) is 8.13. The van der Waals surface area contributed by atoms with Gasteiger partial charge in [-0.2, -0.15) is 0 Å². The molecule has 1 aromatic carbocycles. The van der Waals surface area contributed by atoms with Crippen molar-refractivity contribution in [1.82, 2.24) is 4.98 Å². The number of ketones is 1. The molecule has 88 valence electrons. The summed E-state index contributed by atoms with van der Waals surface area (Å²) < 4.78 is 0. The number of carbonyl (C=O) groups excluding carboxylic acids is 1. The van der Waals surface area contributed by atoms with Gasteiger partial charge in [0.15, 0.2) is 0 Å². The van der Waals surface area contributed by atoms with Gasteiger partial charge in [0.1, 0.15) is 5.78 Å². The lowest BCUT2D eigenvalue weighted by Crippen LogP contribution is -1.97. The number of aryl methyl sites for hydroxylation is 1. The molecule has 0 unspecified atom stereocenters. The first-order valence-electron chi connectivity index (χ1n) is 5.62. The third-order valence-corrected chi connectivity index (χ3v) is 3.40. The van der Waals surface area contributed by atoms with Gasteiger partial charge in [0.2, 0.25) is 0 Å². The highest BCUT2D eigenvalue weighted by Gasteiger charge is 2.05. The Kier molecular flexibility index (Phi) is 3.69. The number of thiazole rings is 1. The van der Waals surface area contributed by atoms with Gasteiger partial charge in [0.05, 0.1) is 10.7 Å².